The number of hydrogen-bond acceptors (Lipinski definition) is 5. The van der Waals surface area contributed by atoms with Gasteiger partial charge in [0.2, 0.25) is 0 Å². The molecule has 2 heterocycles. The lowest BCUT2D eigenvalue weighted by Gasteiger charge is -2.46. The highest BCUT2D eigenvalue weighted by Crippen LogP contribution is 2.38. The number of nitrogens with one attached hydrogen (secondary N) is 3. The first-order valence-corrected chi connectivity index (χ1v) is 9.29. The Hall–Kier alpha value is -1.92. The standard InChI is InChI=1S/C19H28N4O2/c24-18(23-25)10-8-15-7-9-17(21-13-15)22-19(11-4-12-20-14-19)16-5-2-1-3-6-16/h7-10,13,16,20,25H,1-6,11-12,14H2,(H,21,22)(H,23,24)/b10-8+/t19-/m0/s1. The molecule has 4 N–H and O–H groups in total. The maximum Gasteiger partial charge on any atom is 0.267 e. The number of hydroxylamine groups is 1. The Bertz CT molecular complexity index is 588. The van der Waals surface area contributed by atoms with Crippen molar-refractivity contribution >= 4 is 17.8 Å². The van der Waals surface area contributed by atoms with E-state index in [1.807, 2.05) is 12.1 Å². The molecule has 1 aromatic rings. The minimum absolute atomic E-state index is 0.0970. The molecule has 25 heavy (non-hydrogen) atoms. The van der Waals surface area contributed by atoms with Crippen LogP contribution < -0.4 is 16.1 Å². The number of amides is 1. The van der Waals surface area contributed by atoms with E-state index in [4.69, 9.17) is 5.21 Å². The monoisotopic (exact) mass is 344 g/mol. The van der Waals surface area contributed by atoms with Crippen molar-refractivity contribution < 1.29 is 10.0 Å². The normalized spacial score (nSPS) is 25.0. The number of nitrogens with zero attached hydrogens (tertiary/aromatic N) is 1. The first-order chi connectivity index (χ1) is 12.2. The molecule has 0 radical (unpaired) electrons. The number of carbonyl (C=O) groups excluding carboxylic acids is 1. The minimum Gasteiger partial charge on any atom is -0.363 e. The molecular formula is C19H28N4O2. The Balaban J connectivity index is 1.71. The van der Waals surface area contributed by atoms with E-state index >= 15 is 0 Å². The van der Waals surface area contributed by atoms with Crippen LogP contribution in [0.25, 0.3) is 6.08 Å². The summed E-state index contributed by atoms with van der Waals surface area (Å²) in [5.74, 6) is 1.04. The quantitative estimate of drug-likeness (QED) is 0.375. The van der Waals surface area contributed by atoms with Gasteiger partial charge in [0.15, 0.2) is 0 Å². The fraction of sp³-hybridized carbons (Fsp3) is 0.579. The van der Waals surface area contributed by atoms with Gasteiger partial charge in [0.1, 0.15) is 5.82 Å². The largest absolute Gasteiger partial charge is 0.363 e. The SMILES string of the molecule is O=C(/C=C/c1ccc(N[C@@]2(C3CCCCC3)CCCNC2)nc1)NO. The van der Waals surface area contributed by atoms with Crippen LogP contribution in [0.3, 0.4) is 0 Å². The first-order valence-electron chi connectivity index (χ1n) is 9.29. The van der Waals surface area contributed by atoms with Crippen LogP contribution in [0.1, 0.15) is 50.5 Å². The Morgan fingerprint density at radius 3 is 2.76 bits per heavy atom. The van der Waals surface area contributed by atoms with Crippen LogP contribution in [0, 0.1) is 5.92 Å². The molecule has 0 bridgehead atoms. The summed E-state index contributed by atoms with van der Waals surface area (Å²) in [6.07, 6.45) is 13.6. The van der Waals surface area contributed by atoms with E-state index in [1.165, 1.54) is 51.0 Å². The smallest absolute Gasteiger partial charge is 0.267 e. The second kappa shape index (κ2) is 8.45. The highest BCUT2D eigenvalue weighted by molar-refractivity contribution is 5.90. The molecule has 0 unspecified atom stereocenters. The molecule has 1 saturated carbocycles. The first kappa shape index (κ1) is 17.9. The van der Waals surface area contributed by atoms with Crippen LogP contribution in [0.15, 0.2) is 24.4 Å². The van der Waals surface area contributed by atoms with Gasteiger partial charge in [0, 0.05) is 18.8 Å². The lowest BCUT2D eigenvalue weighted by molar-refractivity contribution is -0.124. The van der Waals surface area contributed by atoms with Crippen LogP contribution in [0.4, 0.5) is 5.82 Å². The molecule has 2 fully saturated rings. The minimum atomic E-state index is -0.549. The van der Waals surface area contributed by atoms with Gasteiger partial charge in [-0.25, -0.2) is 10.5 Å². The highest BCUT2D eigenvalue weighted by atomic mass is 16.5. The molecule has 1 atom stereocenters. The van der Waals surface area contributed by atoms with Gasteiger partial charge >= 0.3 is 0 Å². The van der Waals surface area contributed by atoms with Crippen molar-refractivity contribution in [3.05, 3.63) is 30.0 Å². The summed E-state index contributed by atoms with van der Waals surface area (Å²) < 4.78 is 0. The molecule has 1 aliphatic heterocycles. The third-order valence-electron chi connectivity index (χ3n) is 5.50. The van der Waals surface area contributed by atoms with Crippen molar-refractivity contribution in [2.45, 2.75) is 50.5 Å². The third-order valence-corrected chi connectivity index (χ3v) is 5.50. The average Bonchev–Trinajstić information content (AvgIpc) is 2.68. The molecule has 3 rings (SSSR count). The van der Waals surface area contributed by atoms with Gasteiger partial charge in [0.25, 0.3) is 5.91 Å². The summed E-state index contributed by atoms with van der Waals surface area (Å²) in [4.78, 5) is 15.6. The third kappa shape index (κ3) is 4.58. The van der Waals surface area contributed by atoms with Gasteiger partial charge in [-0.05, 0) is 61.9 Å². The second-order valence-corrected chi connectivity index (χ2v) is 7.18. The van der Waals surface area contributed by atoms with E-state index in [1.54, 1.807) is 17.8 Å². The topological polar surface area (TPSA) is 86.3 Å². The summed E-state index contributed by atoms with van der Waals surface area (Å²) in [6.45, 7) is 2.10. The number of pyridine rings is 1. The summed E-state index contributed by atoms with van der Waals surface area (Å²) in [6, 6.07) is 3.90. The van der Waals surface area contributed by atoms with Crippen LogP contribution in [0.5, 0.6) is 0 Å². The summed E-state index contributed by atoms with van der Waals surface area (Å²) in [7, 11) is 0. The number of aromatic nitrogens is 1. The van der Waals surface area contributed by atoms with Gasteiger partial charge in [-0.1, -0.05) is 19.3 Å². The van der Waals surface area contributed by atoms with Gasteiger partial charge in [-0.15, -0.1) is 0 Å². The Kier molecular flexibility index (Phi) is 6.04. The molecule has 1 aliphatic carbocycles. The van der Waals surface area contributed by atoms with Crippen molar-refractivity contribution in [1.29, 1.82) is 0 Å². The van der Waals surface area contributed by atoms with Gasteiger partial charge in [-0.3, -0.25) is 10.0 Å². The van der Waals surface area contributed by atoms with E-state index in [0.29, 0.717) is 5.92 Å². The summed E-state index contributed by atoms with van der Waals surface area (Å²) in [5.41, 5.74) is 2.50. The Morgan fingerprint density at radius 2 is 2.12 bits per heavy atom. The van der Waals surface area contributed by atoms with Crippen LogP contribution >= 0.6 is 0 Å². The van der Waals surface area contributed by atoms with Crippen molar-refractivity contribution in [3.63, 3.8) is 0 Å². The summed E-state index contributed by atoms with van der Waals surface area (Å²) >= 11 is 0. The zero-order valence-electron chi connectivity index (χ0n) is 14.6. The molecule has 6 nitrogen and oxygen atoms in total. The highest BCUT2D eigenvalue weighted by Gasteiger charge is 2.40. The maximum atomic E-state index is 11.0. The molecule has 1 saturated heterocycles. The molecule has 1 aromatic heterocycles. The molecule has 0 spiro atoms. The number of rotatable bonds is 5. The lowest BCUT2D eigenvalue weighted by Crippen LogP contribution is -2.56. The Labute approximate surface area is 149 Å². The molecule has 2 aliphatic rings. The molecule has 1 amide bonds. The van der Waals surface area contributed by atoms with Gasteiger partial charge < -0.3 is 10.6 Å². The van der Waals surface area contributed by atoms with Crippen molar-refractivity contribution in [2.75, 3.05) is 18.4 Å². The van der Waals surface area contributed by atoms with Crippen molar-refractivity contribution in [2.24, 2.45) is 5.92 Å². The molecule has 0 aromatic carbocycles. The lowest BCUT2D eigenvalue weighted by atomic mass is 9.71. The number of hydrogen-bond donors (Lipinski definition) is 4. The molecule has 136 valence electrons. The van der Waals surface area contributed by atoms with Gasteiger partial charge in [-0.2, -0.15) is 0 Å². The fourth-order valence-corrected chi connectivity index (χ4v) is 4.18. The van der Waals surface area contributed by atoms with E-state index in [-0.39, 0.29) is 5.54 Å². The van der Waals surface area contributed by atoms with E-state index in [0.717, 1.165) is 24.5 Å². The van der Waals surface area contributed by atoms with E-state index in [9.17, 15) is 4.79 Å². The van der Waals surface area contributed by atoms with Gasteiger partial charge in [0.05, 0.1) is 5.54 Å². The summed E-state index contributed by atoms with van der Waals surface area (Å²) in [5, 5.41) is 15.8. The zero-order chi connectivity index (χ0) is 17.5. The molecule has 6 heteroatoms. The van der Waals surface area contributed by atoms with Crippen molar-refractivity contribution in [3.8, 4) is 0 Å². The zero-order valence-corrected chi connectivity index (χ0v) is 14.6. The van der Waals surface area contributed by atoms with Crippen molar-refractivity contribution in [1.82, 2.24) is 15.8 Å². The fourth-order valence-electron chi connectivity index (χ4n) is 4.18. The second-order valence-electron chi connectivity index (χ2n) is 7.18. The van der Waals surface area contributed by atoms with Crippen LogP contribution in [-0.4, -0.2) is 34.7 Å². The predicted octanol–water partition coefficient (Wildman–Crippen LogP) is 2.71. The molecular weight excluding hydrogens is 316 g/mol. The van der Waals surface area contributed by atoms with Crippen LogP contribution in [-0.2, 0) is 4.79 Å². The number of carbonyl (C=O) groups is 1. The van der Waals surface area contributed by atoms with E-state index in [2.05, 4.69) is 15.6 Å². The number of piperidine rings is 1. The Morgan fingerprint density at radius 1 is 1.28 bits per heavy atom. The predicted molar refractivity (Wildman–Crippen MR) is 98.2 cm³/mol. The number of anilines is 1. The maximum absolute atomic E-state index is 11.0. The van der Waals surface area contributed by atoms with E-state index < -0.39 is 5.91 Å². The average molecular weight is 344 g/mol. The van der Waals surface area contributed by atoms with Crippen LogP contribution in [0.2, 0.25) is 0 Å².